The Morgan fingerprint density at radius 3 is 2.80 bits per heavy atom. The lowest BCUT2D eigenvalue weighted by Crippen LogP contribution is -2.04. The molecule has 0 saturated carbocycles. The van der Waals surface area contributed by atoms with Crippen LogP contribution in [0, 0.1) is 11.3 Å². The lowest BCUT2D eigenvalue weighted by Gasteiger charge is -2.12. The summed E-state index contributed by atoms with van der Waals surface area (Å²) < 4.78 is 5.13. The fraction of sp³-hybridized carbons (Fsp3) is 0.235. The first-order valence-corrected chi connectivity index (χ1v) is 6.63. The van der Waals surface area contributed by atoms with Crippen LogP contribution in [-0.2, 0) is 17.7 Å². The van der Waals surface area contributed by atoms with E-state index in [1.807, 2.05) is 36.4 Å². The van der Waals surface area contributed by atoms with Gasteiger partial charge in [-0.2, -0.15) is 5.26 Å². The molecule has 0 spiro atoms. The highest BCUT2D eigenvalue weighted by atomic mass is 16.5. The first-order valence-electron chi connectivity index (χ1n) is 6.63. The van der Waals surface area contributed by atoms with Crippen molar-refractivity contribution in [2.24, 2.45) is 0 Å². The maximum absolute atomic E-state index is 8.90. The average molecular weight is 266 g/mol. The van der Waals surface area contributed by atoms with Crippen LogP contribution in [0.25, 0.3) is 0 Å². The maximum Gasteiger partial charge on any atom is 0.0991 e. The van der Waals surface area contributed by atoms with Crippen molar-refractivity contribution in [2.75, 3.05) is 19.0 Å². The fourth-order valence-electron chi connectivity index (χ4n) is 2.07. The zero-order valence-electron chi connectivity index (χ0n) is 11.6. The molecule has 102 valence electrons. The number of anilines is 1. The van der Waals surface area contributed by atoms with Crippen LogP contribution in [0.5, 0.6) is 0 Å². The van der Waals surface area contributed by atoms with Crippen LogP contribution < -0.4 is 5.32 Å². The quantitative estimate of drug-likeness (QED) is 0.872. The Kier molecular flexibility index (Phi) is 5.16. The molecular weight excluding hydrogens is 248 g/mol. The molecule has 0 aromatic heterocycles. The summed E-state index contributed by atoms with van der Waals surface area (Å²) in [7, 11) is 1.71. The smallest absolute Gasteiger partial charge is 0.0991 e. The minimum atomic E-state index is 0.692. The zero-order valence-corrected chi connectivity index (χ0v) is 11.6. The highest BCUT2D eigenvalue weighted by molar-refractivity contribution is 5.51. The molecule has 0 bridgehead atoms. The molecule has 0 aliphatic heterocycles. The Bertz CT molecular complexity index is 602. The first kappa shape index (κ1) is 14.1. The van der Waals surface area contributed by atoms with Gasteiger partial charge in [-0.1, -0.05) is 30.3 Å². The van der Waals surface area contributed by atoms with Gasteiger partial charge in [0.15, 0.2) is 0 Å². The summed E-state index contributed by atoms with van der Waals surface area (Å²) in [4.78, 5) is 0. The number of nitrogens with one attached hydrogen (secondary N) is 1. The highest BCUT2D eigenvalue weighted by Gasteiger charge is 2.02. The summed E-state index contributed by atoms with van der Waals surface area (Å²) in [5.41, 5.74) is 4.15. The van der Waals surface area contributed by atoms with Crippen LogP contribution in [0.15, 0.2) is 48.5 Å². The predicted molar refractivity (Wildman–Crippen MR) is 80.5 cm³/mol. The van der Waals surface area contributed by atoms with E-state index in [1.165, 1.54) is 5.56 Å². The Morgan fingerprint density at radius 2 is 2.00 bits per heavy atom. The average Bonchev–Trinajstić information content (AvgIpc) is 2.52. The molecular formula is C17H18N2O. The molecule has 3 heteroatoms. The van der Waals surface area contributed by atoms with E-state index in [1.54, 1.807) is 7.11 Å². The molecule has 0 aliphatic carbocycles. The molecule has 0 unspecified atom stereocenters. The van der Waals surface area contributed by atoms with Gasteiger partial charge in [0.1, 0.15) is 0 Å². The molecule has 2 rings (SSSR count). The van der Waals surface area contributed by atoms with Crippen molar-refractivity contribution in [3.63, 3.8) is 0 Å². The van der Waals surface area contributed by atoms with E-state index in [0.29, 0.717) is 18.7 Å². The lowest BCUT2D eigenvalue weighted by atomic mass is 10.1. The number of nitriles is 1. The van der Waals surface area contributed by atoms with E-state index >= 15 is 0 Å². The number of ether oxygens (including phenoxy) is 1. The number of nitrogens with zero attached hydrogens (tertiary/aromatic N) is 1. The Balaban J connectivity index is 2.05. The number of methoxy groups -OCH3 is 1. The second-order valence-corrected chi connectivity index (χ2v) is 4.57. The minimum Gasteiger partial charge on any atom is -0.384 e. The third-order valence-electron chi connectivity index (χ3n) is 3.13. The van der Waals surface area contributed by atoms with Crippen molar-refractivity contribution in [2.45, 2.75) is 13.0 Å². The lowest BCUT2D eigenvalue weighted by molar-refractivity contribution is 0.202. The summed E-state index contributed by atoms with van der Waals surface area (Å²) >= 11 is 0. The van der Waals surface area contributed by atoms with Crippen LogP contribution in [0.4, 0.5) is 5.69 Å². The third-order valence-corrected chi connectivity index (χ3v) is 3.13. The van der Waals surface area contributed by atoms with Crippen molar-refractivity contribution >= 4 is 5.69 Å². The van der Waals surface area contributed by atoms with Crippen molar-refractivity contribution < 1.29 is 4.74 Å². The molecule has 1 N–H and O–H groups in total. The van der Waals surface area contributed by atoms with E-state index < -0.39 is 0 Å². The van der Waals surface area contributed by atoms with Crippen molar-refractivity contribution in [1.82, 2.24) is 0 Å². The third kappa shape index (κ3) is 3.84. The summed E-state index contributed by atoms with van der Waals surface area (Å²) in [5, 5.41) is 12.3. The van der Waals surface area contributed by atoms with Gasteiger partial charge in [0, 0.05) is 19.3 Å². The van der Waals surface area contributed by atoms with E-state index in [2.05, 4.69) is 23.5 Å². The van der Waals surface area contributed by atoms with Gasteiger partial charge in [-0.25, -0.2) is 0 Å². The standard InChI is InChI=1S/C17H18N2O/c1-20-10-9-16-7-2-3-8-17(16)19-13-15-6-4-5-14(11-15)12-18/h2-8,11,19H,9-10,13H2,1H3. The van der Waals surface area contributed by atoms with Crippen LogP contribution >= 0.6 is 0 Å². The highest BCUT2D eigenvalue weighted by Crippen LogP contribution is 2.17. The van der Waals surface area contributed by atoms with E-state index in [4.69, 9.17) is 10.00 Å². The SMILES string of the molecule is COCCc1ccccc1NCc1cccc(C#N)c1. The van der Waals surface area contributed by atoms with Crippen molar-refractivity contribution in [1.29, 1.82) is 5.26 Å². The number of para-hydroxylation sites is 1. The monoisotopic (exact) mass is 266 g/mol. The van der Waals surface area contributed by atoms with Gasteiger partial charge in [0.05, 0.1) is 18.2 Å². The normalized spacial score (nSPS) is 10.0. The molecule has 2 aromatic rings. The van der Waals surface area contributed by atoms with Gasteiger partial charge in [-0.15, -0.1) is 0 Å². The summed E-state index contributed by atoms with van der Waals surface area (Å²) in [6, 6.07) is 18.0. The van der Waals surface area contributed by atoms with Gasteiger partial charge in [-0.05, 0) is 35.7 Å². The molecule has 0 saturated heterocycles. The fourth-order valence-corrected chi connectivity index (χ4v) is 2.07. The topological polar surface area (TPSA) is 45.0 Å². The van der Waals surface area contributed by atoms with Crippen molar-refractivity contribution in [3.8, 4) is 6.07 Å². The molecule has 3 nitrogen and oxygen atoms in total. The van der Waals surface area contributed by atoms with Crippen molar-refractivity contribution in [3.05, 3.63) is 65.2 Å². The number of hydrogen-bond acceptors (Lipinski definition) is 3. The summed E-state index contributed by atoms with van der Waals surface area (Å²) in [6.07, 6.45) is 0.887. The van der Waals surface area contributed by atoms with Crippen LogP contribution in [0.3, 0.4) is 0 Å². The van der Waals surface area contributed by atoms with Gasteiger partial charge in [-0.3, -0.25) is 0 Å². The van der Waals surface area contributed by atoms with E-state index in [9.17, 15) is 0 Å². The molecule has 20 heavy (non-hydrogen) atoms. The van der Waals surface area contributed by atoms with Gasteiger partial charge >= 0.3 is 0 Å². The zero-order chi connectivity index (χ0) is 14.2. The second kappa shape index (κ2) is 7.32. The molecule has 0 radical (unpaired) electrons. The number of rotatable bonds is 6. The second-order valence-electron chi connectivity index (χ2n) is 4.57. The largest absolute Gasteiger partial charge is 0.384 e. The summed E-state index contributed by atoms with van der Waals surface area (Å²) in [6.45, 7) is 1.42. The van der Waals surface area contributed by atoms with Gasteiger partial charge < -0.3 is 10.1 Å². The molecule has 0 aliphatic rings. The van der Waals surface area contributed by atoms with E-state index in [0.717, 1.165) is 17.7 Å². The van der Waals surface area contributed by atoms with Gasteiger partial charge in [0.25, 0.3) is 0 Å². The Labute approximate surface area is 119 Å². The molecule has 0 heterocycles. The van der Waals surface area contributed by atoms with Crippen LogP contribution in [-0.4, -0.2) is 13.7 Å². The summed E-state index contributed by atoms with van der Waals surface area (Å²) in [5.74, 6) is 0. The Hall–Kier alpha value is -2.31. The molecule has 0 fully saturated rings. The number of hydrogen-bond donors (Lipinski definition) is 1. The predicted octanol–water partition coefficient (Wildman–Crippen LogP) is 3.36. The first-order chi connectivity index (χ1) is 9.83. The van der Waals surface area contributed by atoms with Gasteiger partial charge in [0.2, 0.25) is 0 Å². The Morgan fingerprint density at radius 1 is 1.15 bits per heavy atom. The maximum atomic E-state index is 8.90. The van der Waals surface area contributed by atoms with Crippen LogP contribution in [0.1, 0.15) is 16.7 Å². The molecule has 0 atom stereocenters. The number of benzene rings is 2. The van der Waals surface area contributed by atoms with Crippen LogP contribution in [0.2, 0.25) is 0 Å². The van der Waals surface area contributed by atoms with E-state index in [-0.39, 0.29) is 0 Å². The molecule has 0 amide bonds. The minimum absolute atomic E-state index is 0.692. The molecule has 2 aromatic carbocycles.